The summed E-state index contributed by atoms with van der Waals surface area (Å²) in [6, 6.07) is 7.99. The van der Waals surface area contributed by atoms with Gasteiger partial charge in [-0.3, -0.25) is 0 Å². The van der Waals surface area contributed by atoms with Crippen LogP contribution in [0, 0.1) is 0 Å². The largest absolute Gasteiger partial charge is 0.497 e. The molecule has 0 fully saturated rings. The van der Waals surface area contributed by atoms with Crippen molar-refractivity contribution in [1.29, 1.82) is 0 Å². The fourth-order valence-corrected chi connectivity index (χ4v) is 1.60. The molecule has 2 aromatic rings. The van der Waals surface area contributed by atoms with Gasteiger partial charge in [-0.05, 0) is 17.5 Å². The van der Waals surface area contributed by atoms with Crippen molar-refractivity contribution >= 4 is 10.8 Å². The van der Waals surface area contributed by atoms with Crippen molar-refractivity contribution in [2.24, 2.45) is 0 Å². The molecule has 0 bridgehead atoms. The molecule has 0 saturated heterocycles. The normalized spacial score (nSPS) is 10.5. The molecule has 1 aromatic heterocycles. The Bertz CT molecular complexity index is 468. The van der Waals surface area contributed by atoms with E-state index >= 15 is 0 Å². The highest BCUT2D eigenvalue weighted by Crippen LogP contribution is 2.18. The highest BCUT2D eigenvalue weighted by Gasteiger charge is 2.03. The van der Waals surface area contributed by atoms with Crippen LogP contribution in [0.5, 0.6) is 5.75 Å². The third-order valence-corrected chi connectivity index (χ3v) is 2.40. The van der Waals surface area contributed by atoms with Crippen molar-refractivity contribution in [3.05, 3.63) is 36.7 Å². The van der Waals surface area contributed by atoms with Crippen LogP contribution in [0.25, 0.3) is 10.8 Å². The molecular formula is C12H14NO2+. The van der Waals surface area contributed by atoms with Gasteiger partial charge in [0.05, 0.1) is 7.11 Å². The lowest BCUT2D eigenvalue weighted by Crippen LogP contribution is -2.34. The van der Waals surface area contributed by atoms with Crippen LogP contribution < -0.4 is 9.30 Å². The Labute approximate surface area is 88.5 Å². The van der Waals surface area contributed by atoms with Gasteiger partial charge in [0.2, 0.25) is 0 Å². The van der Waals surface area contributed by atoms with Gasteiger partial charge in [0.15, 0.2) is 18.9 Å². The molecule has 0 radical (unpaired) electrons. The van der Waals surface area contributed by atoms with E-state index in [-0.39, 0.29) is 6.61 Å². The molecular weight excluding hydrogens is 190 g/mol. The first-order valence-electron chi connectivity index (χ1n) is 4.91. The molecule has 1 aromatic carbocycles. The van der Waals surface area contributed by atoms with Gasteiger partial charge in [0.25, 0.3) is 0 Å². The Kier molecular flexibility index (Phi) is 2.83. The Morgan fingerprint density at radius 2 is 2.13 bits per heavy atom. The predicted molar refractivity (Wildman–Crippen MR) is 57.8 cm³/mol. The van der Waals surface area contributed by atoms with Crippen LogP contribution in [-0.2, 0) is 6.54 Å². The molecule has 2 rings (SSSR count). The number of aromatic nitrogens is 1. The second-order valence-electron chi connectivity index (χ2n) is 3.40. The lowest BCUT2D eigenvalue weighted by atomic mass is 10.2. The number of nitrogens with zero attached hydrogens (tertiary/aromatic N) is 1. The van der Waals surface area contributed by atoms with Crippen LogP contribution in [-0.4, -0.2) is 18.8 Å². The summed E-state index contributed by atoms with van der Waals surface area (Å²) in [6.45, 7) is 0.771. The molecule has 15 heavy (non-hydrogen) atoms. The average molecular weight is 204 g/mol. The standard InChI is InChI=1S/C12H14NO2/c1-15-12-3-2-10-4-5-13(6-7-14)9-11(10)8-12/h2-5,8-9,14H,6-7H2,1H3/q+1. The second-order valence-corrected chi connectivity index (χ2v) is 3.40. The number of methoxy groups -OCH3 is 1. The number of aliphatic hydroxyl groups excluding tert-OH is 1. The molecule has 1 N–H and O–H groups in total. The molecule has 0 aliphatic carbocycles. The van der Waals surface area contributed by atoms with Gasteiger partial charge in [0.1, 0.15) is 12.4 Å². The van der Waals surface area contributed by atoms with E-state index in [1.807, 2.05) is 41.2 Å². The minimum atomic E-state index is 0.153. The number of rotatable bonds is 3. The smallest absolute Gasteiger partial charge is 0.176 e. The highest BCUT2D eigenvalue weighted by atomic mass is 16.5. The maximum Gasteiger partial charge on any atom is 0.176 e. The van der Waals surface area contributed by atoms with E-state index < -0.39 is 0 Å². The van der Waals surface area contributed by atoms with Crippen LogP contribution in [0.2, 0.25) is 0 Å². The minimum Gasteiger partial charge on any atom is -0.497 e. The zero-order valence-corrected chi connectivity index (χ0v) is 8.68. The van der Waals surface area contributed by atoms with E-state index in [9.17, 15) is 0 Å². The van der Waals surface area contributed by atoms with Crippen molar-refractivity contribution in [2.75, 3.05) is 13.7 Å². The van der Waals surface area contributed by atoms with E-state index in [1.54, 1.807) is 7.11 Å². The molecule has 0 unspecified atom stereocenters. The monoisotopic (exact) mass is 204 g/mol. The zero-order chi connectivity index (χ0) is 10.7. The zero-order valence-electron chi connectivity index (χ0n) is 8.68. The number of fused-ring (bicyclic) bond motifs is 1. The third-order valence-electron chi connectivity index (χ3n) is 2.40. The molecule has 3 nitrogen and oxygen atoms in total. The number of aliphatic hydroxyl groups is 1. The van der Waals surface area contributed by atoms with E-state index in [1.165, 1.54) is 5.39 Å². The summed E-state index contributed by atoms with van der Waals surface area (Å²) in [4.78, 5) is 0. The van der Waals surface area contributed by atoms with Crippen LogP contribution in [0.1, 0.15) is 0 Å². The number of hydrogen-bond donors (Lipinski definition) is 1. The lowest BCUT2D eigenvalue weighted by molar-refractivity contribution is -0.696. The summed E-state index contributed by atoms with van der Waals surface area (Å²) in [6.07, 6.45) is 3.97. The second kappa shape index (κ2) is 4.28. The van der Waals surface area contributed by atoms with Gasteiger partial charge in [0, 0.05) is 11.5 Å². The first kappa shape index (κ1) is 9.93. The molecule has 1 heterocycles. The Balaban J connectivity index is 2.48. The van der Waals surface area contributed by atoms with Crippen molar-refractivity contribution in [1.82, 2.24) is 0 Å². The van der Waals surface area contributed by atoms with E-state index in [2.05, 4.69) is 0 Å². The third kappa shape index (κ3) is 2.07. The van der Waals surface area contributed by atoms with Gasteiger partial charge >= 0.3 is 0 Å². The Morgan fingerprint density at radius 3 is 2.87 bits per heavy atom. The number of ether oxygens (including phenoxy) is 1. The number of benzene rings is 1. The van der Waals surface area contributed by atoms with Crippen molar-refractivity contribution in [2.45, 2.75) is 6.54 Å². The summed E-state index contributed by atoms with van der Waals surface area (Å²) in [5, 5.41) is 11.1. The summed E-state index contributed by atoms with van der Waals surface area (Å²) < 4.78 is 7.12. The summed E-state index contributed by atoms with van der Waals surface area (Å²) >= 11 is 0. The van der Waals surface area contributed by atoms with Gasteiger partial charge in [-0.25, -0.2) is 4.57 Å². The first-order valence-corrected chi connectivity index (χ1v) is 4.91. The molecule has 0 spiro atoms. The summed E-state index contributed by atoms with van der Waals surface area (Å²) in [5.41, 5.74) is 0. The van der Waals surface area contributed by atoms with Crippen LogP contribution in [0.4, 0.5) is 0 Å². The maximum absolute atomic E-state index is 8.85. The molecule has 0 aliphatic heterocycles. The maximum atomic E-state index is 8.85. The minimum absolute atomic E-state index is 0.153. The average Bonchev–Trinajstić information content (AvgIpc) is 2.28. The number of hydrogen-bond acceptors (Lipinski definition) is 2. The summed E-state index contributed by atoms with van der Waals surface area (Å²) in [5.74, 6) is 0.851. The van der Waals surface area contributed by atoms with Gasteiger partial charge in [-0.15, -0.1) is 0 Å². The predicted octanol–water partition coefficient (Wildman–Crippen LogP) is 1.13. The quantitative estimate of drug-likeness (QED) is 0.760. The van der Waals surface area contributed by atoms with E-state index in [0.29, 0.717) is 6.54 Å². The van der Waals surface area contributed by atoms with Crippen LogP contribution in [0.3, 0.4) is 0 Å². The molecule has 0 atom stereocenters. The molecule has 0 saturated carbocycles. The first-order chi connectivity index (χ1) is 7.33. The van der Waals surface area contributed by atoms with Crippen molar-refractivity contribution in [3.8, 4) is 5.75 Å². The molecule has 0 amide bonds. The fourth-order valence-electron chi connectivity index (χ4n) is 1.60. The fraction of sp³-hybridized carbons (Fsp3) is 0.250. The highest BCUT2D eigenvalue weighted by molar-refractivity contribution is 5.82. The topological polar surface area (TPSA) is 33.3 Å². The number of pyridine rings is 1. The molecule has 78 valence electrons. The van der Waals surface area contributed by atoms with E-state index in [0.717, 1.165) is 11.1 Å². The molecule has 0 aliphatic rings. The SMILES string of the molecule is COc1ccc2cc[n+](CCO)cc2c1. The molecule has 3 heteroatoms. The Hall–Kier alpha value is -1.61. The van der Waals surface area contributed by atoms with E-state index in [4.69, 9.17) is 9.84 Å². The lowest BCUT2D eigenvalue weighted by Gasteiger charge is -2.01. The van der Waals surface area contributed by atoms with Crippen LogP contribution in [0.15, 0.2) is 36.7 Å². The van der Waals surface area contributed by atoms with Gasteiger partial charge in [-0.1, -0.05) is 6.07 Å². The van der Waals surface area contributed by atoms with Crippen LogP contribution >= 0.6 is 0 Å². The van der Waals surface area contributed by atoms with Gasteiger partial charge < -0.3 is 9.84 Å². The van der Waals surface area contributed by atoms with Crippen molar-refractivity contribution < 1.29 is 14.4 Å². The summed E-state index contributed by atoms with van der Waals surface area (Å²) in [7, 11) is 1.66. The van der Waals surface area contributed by atoms with Gasteiger partial charge in [-0.2, -0.15) is 0 Å². The Morgan fingerprint density at radius 1 is 1.27 bits per heavy atom. The van der Waals surface area contributed by atoms with Crippen molar-refractivity contribution in [3.63, 3.8) is 0 Å².